The molecule has 94 valence electrons. The van der Waals surface area contributed by atoms with Gasteiger partial charge in [0.25, 0.3) is 0 Å². The second kappa shape index (κ2) is 5.92. The van der Waals surface area contributed by atoms with Gasteiger partial charge in [0.15, 0.2) is 0 Å². The summed E-state index contributed by atoms with van der Waals surface area (Å²) in [6.45, 7) is 6.90. The Kier molecular flexibility index (Phi) is 4.26. The van der Waals surface area contributed by atoms with Crippen molar-refractivity contribution in [3.8, 4) is 0 Å². The minimum absolute atomic E-state index is 0.840. The maximum absolute atomic E-state index is 5.81. The van der Waals surface area contributed by atoms with Gasteiger partial charge in [-0.1, -0.05) is 0 Å². The van der Waals surface area contributed by atoms with Crippen molar-refractivity contribution in [1.29, 1.82) is 0 Å². The molecule has 1 fully saturated rings. The van der Waals surface area contributed by atoms with Crippen molar-refractivity contribution < 1.29 is 0 Å². The lowest BCUT2D eigenvalue weighted by molar-refractivity contribution is 0.337. The molecule has 0 radical (unpaired) electrons. The van der Waals surface area contributed by atoms with E-state index in [1.165, 1.54) is 44.5 Å². The Bertz CT molecular complexity index is 336. The number of nitrogens with one attached hydrogen (secondary N) is 1. The van der Waals surface area contributed by atoms with Crippen LogP contribution in [0.15, 0.2) is 18.2 Å². The lowest BCUT2D eigenvalue weighted by atomic mass is 10.2. The summed E-state index contributed by atoms with van der Waals surface area (Å²) in [6, 6.07) is 6.14. The van der Waals surface area contributed by atoms with Crippen molar-refractivity contribution in [3.63, 3.8) is 0 Å². The molecule has 0 saturated carbocycles. The molecule has 1 aliphatic heterocycles. The largest absolute Gasteiger partial charge is 0.399 e. The Morgan fingerprint density at radius 3 is 2.71 bits per heavy atom. The molecule has 3 N–H and O–H groups in total. The van der Waals surface area contributed by atoms with Crippen molar-refractivity contribution >= 4 is 11.4 Å². The molecule has 17 heavy (non-hydrogen) atoms. The number of aryl methyl sites for hydroxylation is 1. The fourth-order valence-electron chi connectivity index (χ4n) is 2.46. The highest BCUT2D eigenvalue weighted by molar-refractivity contribution is 5.56. The van der Waals surface area contributed by atoms with Gasteiger partial charge in [0.05, 0.1) is 0 Å². The molecule has 0 amide bonds. The van der Waals surface area contributed by atoms with Gasteiger partial charge in [-0.15, -0.1) is 0 Å². The van der Waals surface area contributed by atoms with E-state index in [9.17, 15) is 0 Å². The Balaban J connectivity index is 1.70. The van der Waals surface area contributed by atoms with Gasteiger partial charge in [-0.25, -0.2) is 0 Å². The van der Waals surface area contributed by atoms with Crippen LogP contribution in [0.5, 0.6) is 0 Å². The van der Waals surface area contributed by atoms with Gasteiger partial charge in [-0.05, 0) is 69.6 Å². The summed E-state index contributed by atoms with van der Waals surface area (Å²) in [4.78, 5) is 2.55. The zero-order valence-corrected chi connectivity index (χ0v) is 10.7. The molecular weight excluding hydrogens is 210 g/mol. The quantitative estimate of drug-likeness (QED) is 0.606. The van der Waals surface area contributed by atoms with Crippen LogP contribution in [0.2, 0.25) is 0 Å². The van der Waals surface area contributed by atoms with Crippen LogP contribution in [0.3, 0.4) is 0 Å². The average Bonchev–Trinajstić information content (AvgIpc) is 2.76. The van der Waals surface area contributed by atoms with Crippen molar-refractivity contribution in [2.75, 3.05) is 37.2 Å². The van der Waals surface area contributed by atoms with Gasteiger partial charge < -0.3 is 16.0 Å². The molecule has 0 aliphatic carbocycles. The van der Waals surface area contributed by atoms with Gasteiger partial charge in [0.2, 0.25) is 0 Å². The second-order valence-electron chi connectivity index (χ2n) is 4.96. The summed E-state index contributed by atoms with van der Waals surface area (Å²) < 4.78 is 0. The van der Waals surface area contributed by atoms with E-state index in [1.807, 2.05) is 12.1 Å². The lowest BCUT2D eigenvalue weighted by Gasteiger charge is -2.15. The third-order valence-electron chi connectivity index (χ3n) is 3.28. The first kappa shape index (κ1) is 12.2. The zero-order chi connectivity index (χ0) is 12.1. The van der Waals surface area contributed by atoms with Crippen LogP contribution in [0.4, 0.5) is 11.4 Å². The maximum Gasteiger partial charge on any atom is 0.0363 e. The number of nitrogens with two attached hydrogens (primary N) is 1. The number of anilines is 2. The molecule has 2 rings (SSSR count). The molecule has 0 bridgehead atoms. The van der Waals surface area contributed by atoms with Gasteiger partial charge in [-0.3, -0.25) is 0 Å². The molecule has 0 aromatic heterocycles. The van der Waals surface area contributed by atoms with Crippen LogP contribution in [-0.2, 0) is 0 Å². The minimum Gasteiger partial charge on any atom is -0.399 e. The van der Waals surface area contributed by atoms with Crippen LogP contribution in [-0.4, -0.2) is 31.1 Å². The molecule has 0 unspecified atom stereocenters. The molecule has 1 aromatic carbocycles. The molecular formula is C14H23N3. The number of nitrogens with zero attached hydrogens (tertiary/aromatic N) is 1. The topological polar surface area (TPSA) is 41.3 Å². The standard InChI is InChI=1S/C14H23N3/c1-12-9-13(15)11-14(10-12)16-5-4-8-17-6-2-3-7-17/h9-11,16H,2-8,15H2,1H3. The smallest absolute Gasteiger partial charge is 0.0363 e. The summed E-state index contributed by atoms with van der Waals surface area (Å²) in [6.07, 6.45) is 3.96. The van der Waals surface area contributed by atoms with E-state index >= 15 is 0 Å². The SMILES string of the molecule is Cc1cc(N)cc(NCCCN2CCCC2)c1. The van der Waals surface area contributed by atoms with E-state index in [2.05, 4.69) is 23.2 Å². The Hall–Kier alpha value is -1.22. The summed E-state index contributed by atoms with van der Waals surface area (Å²) in [5, 5.41) is 3.44. The second-order valence-corrected chi connectivity index (χ2v) is 4.96. The molecule has 0 atom stereocenters. The fourth-order valence-corrected chi connectivity index (χ4v) is 2.46. The average molecular weight is 233 g/mol. The summed E-state index contributed by atoms with van der Waals surface area (Å²) in [7, 11) is 0. The summed E-state index contributed by atoms with van der Waals surface area (Å²) >= 11 is 0. The van der Waals surface area contributed by atoms with Crippen LogP contribution in [0, 0.1) is 6.92 Å². The van der Waals surface area contributed by atoms with E-state index in [-0.39, 0.29) is 0 Å². The normalized spacial score (nSPS) is 16.3. The maximum atomic E-state index is 5.81. The van der Waals surface area contributed by atoms with Crippen molar-refractivity contribution in [1.82, 2.24) is 4.90 Å². The Morgan fingerprint density at radius 1 is 1.24 bits per heavy atom. The number of nitrogen functional groups attached to an aromatic ring is 1. The molecule has 1 heterocycles. The van der Waals surface area contributed by atoms with Crippen molar-refractivity contribution in [2.45, 2.75) is 26.2 Å². The number of rotatable bonds is 5. The molecule has 3 heteroatoms. The van der Waals surface area contributed by atoms with E-state index in [1.54, 1.807) is 0 Å². The molecule has 3 nitrogen and oxygen atoms in total. The predicted octanol–water partition coefficient (Wildman–Crippen LogP) is 2.48. The van der Waals surface area contributed by atoms with Crippen LogP contribution >= 0.6 is 0 Å². The first-order valence-corrected chi connectivity index (χ1v) is 6.57. The highest BCUT2D eigenvalue weighted by atomic mass is 15.1. The summed E-state index contributed by atoms with van der Waals surface area (Å²) in [5.41, 5.74) is 9.01. The highest BCUT2D eigenvalue weighted by Crippen LogP contribution is 2.15. The molecule has 1 aromatic rings. The van der Waals surface area contributed by atoms with Crippen LogP contribution in [0.25, 0.3) is 0 Å². The minimum atomic E-state index is 0.840. The van der Waals surface area contributed by atoms with E-state index in [4.69, 9.17) is 5.73 Å². The van der Waals surface area contributed by atoms with E-state index < -0.39 is 0 Å². The first-order valence-electron chi connectivity index (χ1n) is 6.57. The van der Waals surface area contributed by atoms with Crippen molar-refractivity contribution in [3.05, 3.63) is 23.8 Å². The number of hydrogen-bond acceptors (Lipinski definition) is 3. The third-order valence-corrected chi connectivity index (χ3v) is 3.28. The number of benzene rings is 1. The van der Waals surface area contributed by atoms with Gasteiger partial charge >= 0.3 is 0 Å². The Morgan fingerprint density at radius 2 is 2.00 bits per heavy atom. The molecule has 1 aliphatic rings. The first-order chi connectivity index (χ1) is 8.24. The zero-order valence-electron chi connectivity index (χ0n) is 10.7. The number of likely N-dealkylation sites (tertiary alicyclic amines) is 1. The van der Waals surface area contributed by atoms with E-state index in [0.717, 1.165) is 17.9 Å². The van der Waals surface area contributed by atoms with E-state index in [0.29, 0.717) is 0 Å². The molecule has 1 saturated heterocycles. The predicted molar refractivity (Wildman–Crippen MR) is 74.4 cm³/mol. The molecule has 0 spiro atoms. The summed E-state index contributed by atoms with van der Waals surface area (Å²) in [5.74, 6) is 0. The fraction of sp³-hybridized carbons (Fsp3) is 0.571. The van der Waals surface area contributed by atoms with Gasteiger partial charge in [-0.2, -0.15) is 0 Å². The van der Waals surface area contributed by atoms with Crippen LogP contribution < -0.4 is 11.1 Å². The van der Waals surface area contributed by atoms with Crippen LogP contribution in [0.1, 0.15) is 24.8 Å². The van der Waals surface area contributed by atoms with Gasteiger partial charge in [0.1, 0.15) is 0 Å². The van der Waals surface area contributed by atoms with Crippen molar-refractivity contribution in [2.24, 2.45) is 0 Å². The van der Waals surface area contributed by atoms with Gasteiger partial charge in [0, 0.05) is 17.9 Å². The monoisotopic (exact) mass is 233 g/mol. The lowest BCUT2D eigenvalue weighted by Crippen LogP contribution is -2.22. The number of hydrogen-bond donors (Lipinski definition) is 2. The highest BCUT2D eigenvalue weighted by Gasteiger charge is 2.09. The Labute approximate surface area is 104 Å². The third kappa shape index (κ3) is 3.93.